The molecule has 0 aliphatic rings. The van der Waals surface area contributed by atoms with E-state index in [1.807, 2.05) is 13.0 Å². The Morgan fingerprint density at radius 3 is 2.83 bits per heavy atom. The number of aromatic nitrogens is 1. The lowest BCUT2D eigenvalue weighted by molar-refractivity contribution is 0.195. The van der Waals surface area contributed by atoms with Gasteiger partial charge >= 0.3 is 0 Å². The minimum absolute atomic E-state index is 0.327. The molecule has 0 saturated heterocycles. The molecule has 1 aromatic rings. The van der Waals surface area contributed by atoms with Crippen molar-refractivity contribution >= 4 is 11.6 Å². The van der Waals surface area contributed by atoms with Crippen LogP contribution in [0.5, 0.6) is 0 Å². The number of hydrogen-bond acceptors (Lipinski definition) is 2. The number of pyridine rings is 1. The molecule has 66 valence electrons. The molecule has 3 heteroatoms. The standard InChI is InChI=1S/C9H12ClNO/c1-6-3-8(4-7(2)12)5-11-9(6)10/h3,5,7,12H,4H2,1-2H3/t7-/m0/s1. The van der Waals surface area contributed by atoms with E-state index in [1.54, 1.807) is 13.1 Å². The quantitative estimate of drug-likeness (QED) is 0.715. The first-order valence-electron chi connectivity index (χ1n) is 3.88. The molecular weight excluding hydrogens is 174 g/mol. The van der Waals surface area contributed by atoms with Gasteiger partial charge in [-0.25, -0.2) is 4.98 Å². The maximum atomic E-state index is 9.11. The van der Waals surface area contributed by atoms with Gasteiger partial charge in [0.1, 0.15) is 5.15 Å². The lowest BCUT2D eigenvalue weighted by atomic mass is 10.1. The molecule has 12 heavy (non-hydrogen) atoms. The average molecular weight is 186 g/mol. The highest BCUT2D eigenvalue weighted by atomic mass is 35.5. The van der Waals surface area contributed by atoms with Crippen LogP contribution in [-0.2, 0) is 6.42 Å². The van der Waals surface area contributed by atoms with Crippen molar-refractivity contribution in [2.75, 3.05) is 0 Å². The van der Waals surface area contributed by atoms with Gasteiger partial charge in [0.15, 0.2) is 0 Å². The van der Waals surface area contributed by atoms with Gasteiger partial charge in [0.05, 0.1) is 6.10 Å². The number of rotatable bonds is 2. The van der Waals surface area contributed by atoms with Crippen LogP contribution >= 0.6 is 11.6 Å². The zero-order valence-corrected chi connectivity index (χ0v) is 7.97. The third-order valence-electron chi connectivity index (χ3n) is 1.60. The fraction of sp³-hybridized carbons (Fsp3) is 0.444. The predicted octanol–water partition coefficient (Wildman–Crippen LogP) is 1.97. The van der Waals surface area contributed by atoms with E-state index in [-0.39, 0.29) is 6.10 Å². The number of aliphatic hydroxyl groups excluding tert-OH is 1. The summed E-state index contributed by atoms with van der Waals surface area (Å²) >= 11 is 5.74. The smallest absolute Gasteiger partial charge is 0.131 e. The normalized spacial score (nSPS) is 13.0. The van der Waals surface area contributed by atoms with Gasteiger partial charge in [0.25, 0.3) is 0 Å². The molecule has 2 nitrogen and oxygen atoms in total. The van der Waals surface area contributed by atoms with Crippen LogP contribution in [0.1, 0.15) is 18.1 Å². The van der Waals surface area contributed by atoms with E-state index in [4.69, 9.17) is 16.7 Å². The molecule has 0 unspecified atom stereocenters. The van der Waals surface area contributed by atoms with Crippen molar-refractivity contribution in [2.45, 2.75) is 26.4 Å². The van der Waals surface area contributed by atoms with E-state index < -0.39 is 0 Å². The molecule has 0 spiro atoms. The molecule has 1 atom stereocenters. The van der Waals surface area contributed by atoms with E-state index in [0.29, 0.717) is 11.6 Å². The van der Waals surface area contributed by atoms with Crippen LogP contribution in [0.15, 0.2) is 12.3 Å². The van der Waals surface area contributed by atoms with Crippen molar-refractivity contribution in [3.63, 3.8) is 0 Å². The third-order valence-corrected chi connectivity index (χ3v) is 2.00. The Labute approximate surface area is 77.2 Å². The summed E-state index contributed by atoms with van der Waals surface area (Å²) in [6.45, 7) is 3.66. The van der Waals surface area contributed by atoms with Crippen molar-refractivity contribution in [1.82, 2.24) is 4.98 Å². The highest BCUT2D eigenvalue weighted by molar-refractivity contribution is 6.30. The summed E-state index contributed by atoms with van der Waals surface area (Å²) in [5.74, 6) is 0. The van der Waals surface area contributed by atoms with Crippen LogP contribution in [-0.4, -0.2) is 16.2 Å². The second-order valence-corrected chi connectivity index (χ2v) is 3.36. The maximum Gasteiger partial charge on any atom is 0.131 e. The molecule has 0 fully saturated rings. The van der Waals surface area contributed by atoms with Gasteiger partial charge in [-0.1, -0.05) is 17.7 Å². The first-order chi connectivity index (χ1) is 5.59. The second-order valence-electron chi connectivity index (χ2n) is 3.00. The van der Waals surface area contributed by atoms with Crippen molar-refractivity contribution in [1.29, 1.82) is 0 Å². The molecule has 0 amide bonds. The minimum atomic E-state index is -0.327. The Kier molecular flexibility index (Phi) is 3.06. The monoisotopic (exact) mass is 185 g/mol. The second kappa shape index (κ2) is 3.87. The van der Waals surface area contributed by atoms with Gasteiger partial charge in [-0.3, -0.25) is 0 Å². The Morgan fingerprint density at radius 2 is 2.33 bits per heavy atom. The summed E-state index contributed by atoms with van der Waals surface area (Å²) in [7, 11) is 0. The van der Waals surface area contributed by atoms with Gasteiger partial charge < -0.3 is 5.11 Å². The van der Waals surface area contributed by atoms with Crippen LogP contribution in [0, 0.1) is 6.92 Å². The molecular formula is C9H12ClNO. The summed E-state index contributed by atoms with van der Waals surface area (Å²) in [5.41, 5.74) is 1.97. The topological polar surface area (TPSA) is 33.1 Å². The Hall–Kier alpha value is -0.600. The first-order valence-corrected chi connectivity index (χ1v) is 4.26. The zero-order valence-electron chi connectivity index (χ0n) is 7.21. The van der Waals surface area contributed by atoms with Crippen LogP contribution in [0.3, 0.4) is 0 Å². The molecule has 0 bridgehead atoms. The van der Waals surface area contributed by atoms with Crippen LogP contribution in [0.2, 0.25) is 5.15 Å². The number of hydrogen-bond donors (Lipinski definition) is 1. The Morgan fingerprint density at radius 1 is 1.67 bits per heavy atom. The van der Waals surface area contributed by atoms with Gasteiger partial charge in [0, 0.05) is 6.20 Å². The van der Waals surface area contributed by atoms with E-state index in [9.17, 15) is 0 Å². The van der Waals surface area contributed by atoms with Crippen molar-refractivity contribution in [2.24, 2.45) is 0 Å². The average Bonchev–Trinajstić information content (AvgIpc) is 1.96. The van der Waals surface area contributed by atoms with Crippen molar-refractivity contribution in [3.05, 3.63) is 28.5 Å². The molecule has 1 aromatic heterocycles. The van der Waals surface area contributed by atoms with Gasteiger partial charge in [-0.15, -0.1) is 0 Å². The minimum Gasteiger partial charge on any atom is -0.393 e. The lowest BCUT2D eigenvalue weighted by Gasteiger charge is -2.04. The molecule has 1 rings (SSSR count). The molecule has 0 aromatic carbocycles. The fourth-order valence-electron chi connectivity index (χ4n) is 1.07. The first kappa shape index (κ1) is 9.49. The number of aliphatic hydroxyl groups is 1. The molecule has 0 saturated carbocycles. The number of nitrogens with zero attached hydrogens (tertiary/aromatic N) is 1. The largest absolute Gasteiger partial charge is 0.393 e. The number of halogens is 1. The van der Waals surface area contributed by atoms with E-state index in [1.165, 1.54) is 0 Å². The molecule has 1 heterocycles. The van der Waals surface area contributed by atoms with Crippen molar-refractivity contribution in [3.8, 4) is 0 Å². The fourth-order valence-corrected chi connectivity index (χ4v) is 1.17. The van der Waals surface area contributed by atoms with Crippen LogP contribution < -0.4 is 0 Å². The highest BCUT2D eigenvalue weighted by Gasteiger charge is 2.01. The van der Waals surface area contributed by atoms with Crippen LogP contribution in [0.4, 0.5) is 0 Å². The number of aryl methyl sites for hydroxylation is 1. The molecule has 0 aliphatic heterocycles. The van der Waals surface area contributed by atoms with Crippen LogP contribution in [0.25, 0.3) is 0 Å². The summed E-state index contributed by atoms with van der Waals surface area (Å²) in [6, 6.07) is 1.95. The summed E-state index contributed by atoms with van der Waals surface area (Å²) in [5, 5.41) is 9.64. The van der Waals surface area contributed by atoms with Gasteiger partial charge in [0.2, 0.25) is 0 Å². The molecule has 0 aliphatic carbocycles. The predicted molar refractivity (Wildman–Crippen MR) is 49.4 cm³/mol. The summed E-state index contributed by atoms with van der Waals surface area (Å²) in [6.07, 6.45) is 2.00. The maximum absolute atomic E-state index is 9.11. The third kappa shape index (κ3) is 2.47. The van der Waals surface area contributed by atoms with Gasteiger partial charge in [-0.05, 0) is 31.4 Å². The van der Waals surface area contributed by atoms with Gasteiger partial charge in [-0.2, -0.15) is 0 Å². The summed E-state index contributed by atoms with van der Waals surface area (Å²) in [4.78, 5) is 3.99. The van der Waals surface area contributed by atoms with E-state index in [2.05, 4.69) is 4.98 Å². The highest BCUT2D eigenvalue weighted by Crippen LogP contribution is 2.13. The summed E-state index contributed by atoms with van der Waals surface area (Å²) < 4.78 is 0. The zero-order chi connectivity index (χ0) is 9.14. The molecule has 0 radical (unpaired) electrons. The lowest BCUT2D eigenvalue weighted by Crippen LogP contribution is -2.04. The molecule has 1 N–H and O–H groups in total. The Balaban J connectivity index is 2.82. The Bertz CT molecular complexity index is 273. The van der Waals surface area contributed by atoms with E-state index in [0.717, 1.165) is 11.1 Å². The van der Waals surface area contributed by atoms with E-state index >= 15 is 0 Å². The SMILES string of the molecule is Cc1cc(C[C@H](C)O)cnc1Cl. The van der Waals surface area contributed by atoms with Crippen molar-refractivity contribution < 1.29 is 5.11 Å².